The molecule has 0 spiro atoms. The monoisotopic (exact) mass is 279 g/mol. The van der Waals surface area contributed by atoms with Crippen LogP contribution < -0.4 is 0 Å². The third-order valence-electron chi connectivity index (χ3n) is 1.52. The SMILES string of the molecule is ClC1=C(Cl)CCC=CCC1.[Rh]. The van der Waals surface area contributed by atoms with Crippen LogP contribution in [0.15, 0.2) is 22.2 Å². The molecule has 1 aliphatic carbocycles. The van der Waals surface area contributed by atoms with E-state index in [9.17, 15) is 0 Å². The third kappa shape index (κ3) is 4.30. The summed E-state index contributed by atoms with van der Waals surface area (Å²) in [6, 6.07) is 0. The molecule has 0 amide bonds. The second-order valence-electron chi connectivity index (χ2n) is 2.36. The maximum absolute atomic E-state index is 5.86. The summed E-state index contributed by atoms with van der Waals surface area (Å²) in [5.74, 6) is 0. The Bertz CT molecular complexity index is 155. The zero-order valence-corrected chi connectivity index (χ0v) is 9.22. The maximum Gasteiger partial charge on any atom is 0.0329 e. The van der Waals surface area contributed by atoms with Gasteiger partial charge >= 0.3 is 0 Å². The van der Waals surface area contributed by atoms with Gasteiger partial charge in [0.1, 0.15) is 0 Å². The van der Waals surface area contributed by atoms with Crippen molar-refractivity contribution < 1.29 is 19.5 Å². The largest absolute Gasteiger partial charge is 0.0882 e. The molecule has 0 saturated heterocycles. The Labute approximate surface area is 90.4 Å². The Morgan fingerprint density at radius 2 is 1.27 bits per heavy atom. The van der Waals surface area contributed by atoms with Crippen LogP contribution in [-0.2, 0) is 19.5 Å². The molecule has 0 nitrogen and oxygen atoms in total. The Kier molecular flexibility index (Phi) is 6.61. The standard InChI is InChI=1S/C8H10Cl2.Rh/c9-7-5-3-1-2-4-6-8(7)10;/h1-2H,3-6H2;. The number of allylic oxidation sites excluding steroid dienone is 4. The molecule has 65 valence electrons. The average Bonchev–Trinajstić information content (AvgIpc) is 1.92. The van der Waals surface area contributed by atoms with Crippen molar-refractivity contribution in [3.8, 4) is 0 Å². The first-order chi connectivity index (χ1) is 4.80. The van der Waals surface area contributed by atoms with Gasteiger partial charge in [-0.2, -0.15) is 0 Å². The van der Waals surface area contributed by atoms with Crippen molar-refractivity contribution in [2.75, 3.05) is 0 Å². The first-order valence-electron chi connectivity index (χ1n) is 3.48. The molecule has 0 aromatic carbocycles. The van der Waals surface area contributed by atoms with Crippen LogP contribution in [-0.4, -0.2) is 0 Å². The van der Waals surface area contributed by atoms with Gasteiger partial charge in [-0.25, -0.2) is 0 Å². The number of halogens is 2. The quantitative estimate of drug-likeness (QED) is 0.467. The van der Waals surface area contributed by atoms with E-state index in [1.807, 2.05) is 0 Å². The van der Waals surface area contributed by atoms with Crippen LogP contribution >= 0.6 is 23.2 Å². The second-order valence-corrected chi connectivity index (χ2v) is 3.27. The molecule has 1 radical (unpaired) electrons. The smallest absolute Gasteiger partial charge is 0.0329 e. The van der Waals surface area contributed by atoms with Gasteiger partial charge in [-0.3, -0.25) is 0 Å². The molecule has 0 unspecified atom stereocenters. The Balaban J connectivity index is 0.000001000. The first-order valence-corrected chi connectivity index (χ1v) is 4.24. The van der Waals surface area contributed by atoms with E-state index in [0.717, 1.165) is 35.7 Å². The van der Waals surface area contributed by atoms with E-state index in [1.54, 1.807) is 0 Å². The zero-order chi connectivity index (χ0) is 7.40. The molecule has 0 aliphatic heterocycles. The van der Waals surface area contributed by atoms with Crippen LogP contribution in [0.2, 0.25) is 0 Å². The average molecular weight is 280 g/mol. The van der Waals surface area contributed by atoms with Crippen molar-refractivity contribution in [3.05, 3.63) is 22.2 Å². The number of rotatable bonds is 0. The number of hydrogen-bond acceptors (Lipinski definition) is 0. The Hall–Kier alpha value is 0.683. The van der Waals surface area contributed by atoms with E-state index in [0.29, 0.717) is 0 Å². The molecular weight excluding hydrogens is 270 g/mol. The Morgan fingerprint density at radius 1 is 0.909 bits per heavy atom. The second kappa shape index (κ2) is 6.23. The molecular formula is C8H10Cl2Rh. The molecule has 0 fully saturated rings. The van der Waals surface area contributed by atoms with Crippen molar-refractivity contribution in [2.24, 2.45) is 0 Å². The van der Waals surface area contributed by atoms with Crippen molar-refractivity contribution in [2.45, 2.75) is 25.7 Å². The molecule has 1 rings (SSSR count). The third-order valence-corrected chi connectivity index (χ3v) is 2.45. The van der Waals surface area contributed by atoms with Crippen molar-refractivity contribution in [1.82, 2.24) is 0 Å². The van der Waals surface area contributed by atoms with Gasteiger partial charge in [0.25, 0.3) is 0 Å². The van der Waals surface area contributed by atoms with Crippen molar-refractivity contribution in [1.29, 1.82) is 0 Å². The van der Waals surface area contributed by atoms with Crippen LogP contribution in [0.3, 0.4) is 0 Å². The topological polar surface area (TPSA) is 0 Å². The Morgan fingerprint density at radius 3 is 1.64 bits per heavy atom. The summed E-state index contributed by atoms with van der Waals surface area (Å²) in [6.07, 6.45) is 8.16. The fourth-order valence-electron chi connectivity index (χ4n) is 0.927. The van der Waals surface area contributed by atoms with E-state index in [-0.39, 0.29) is 19.5 Å². The summed E-state index contributed by atoms with van der Waals surface area (Å²) in [6.45, 7) is 0. The van der Waals surface area contributed by atoms with Crippen LogP contribution in [0.5, 0.6) is 0 Å². The molecule has 0 heterocycles. The summed E-state index contributed by atoms with van der Waals surface area (Å²) in [5, 5.41) is 1.68. The summed E-state index contributed by atoms with van der Waals surface area (Å²) >= 11 is 11.7. The minimum atomic E-state index is 0. The minimum Gasteiger partial charge on any atom is -0.0882 e. The van der Waals surface area contributed by atoms with Crippen molar-refractivity contribution >= 4 is 23.2 Å². The molecule has 1 aliphatic rings. The van der Waals surface area contributed by atoms with Crippen LogP contribution in [0, 0.1) is 0 Å². The molecule has 11 heavy (non-hydrogen) atoms. The zero-order valence-electron chi connectivity index (χ0n) is 6.07. The van der Waals surface area contributed by atoms with E-state index in [2.05, 4.69) is 12.2 Å². The van der Waals surface area contributed by atoms with Crippen LogP contribution in [0.25, 0.3) is 0 Å². The van der Waals surface area contributed by atoms with Gasteiger partial charge in [-0.05, 0) is 25.7 Å². The maximum atomic E-state index is 5.86. The van der Waals surface area contributed by atoms with E-state index >= 15 is 0 Å². The van der Waals surface area contributed by atoms with Gasteiger partial charge in [-0.1, -0.05) is 35.4 Å². The van der Waals surface area contributed by atoms with Gasteiger partial charge in [0.05, 0.1) is 0 Å². The molecule has 0 saturated carbocycles. The van der Waals surface area contributed by atoms with Crippen molar-refractivity contribution in [3.63, 3.8) is 0 Å². The minimum absolute atomic E-state index is 0. The van der Waals surface area contributed by atoms with Gasteiger partial charge in [0.2, 0.25) is 0 Å². The molecule has 0 aromatic heterocycles. The van der Waals surface area contributed by atoms with Crippen LogP contribution in [0.4, 0.5) is 0 Å². The molecule has 0 N–H and O–H groups in total. The predicted molar refractivity (Wildman–Crippen MR) is 46.3 cm³/mol. The van der Waals surface area contributed by atoms with E-state index in [1.165, 1.54) is 0 Å². The predicted octanol–water partition coefficient (Wildman–Crippen LogP) is 3.80. The molecule has 0 aromatic rings. The van der Waals surface area contributed by atoms with Crippen LogP contribution in [0.1, 0.15) is 25.7 Å². The summed E-state index contributed by atoms with van der Waals surface area (Å²) in [4.78, 5) is 0. The fourth-order valence-corrected chi connectivity index (χ4v) is 1.33. The fraction of sp³-hybridized carbons (Fsp3) is 0.500. The van der Waals surface area contributed by atoms with Gasteiger partial charge in [0, 0.05) is 29.5 Å². The van der Waals surface area contributed by atoms with Gasteiger partial charge < -0.3 is 0 Å². The van der Waals surface area contributed by atoms with Gasteiger partial charge in [0.15, 0.2) is 0 Å². The first kappa shape index (κ1) is 11.7. The molecule has 0 atom stereocenters. The van der Waals surface area contributed by atoms with E-state index < -0.39 is 0 Å². The normalized spacial score (nSPS) is 18.7. The van der Waals surface area contributed by atoms with E-state index in [4.69, 9.17) is 23.2 Å². The summed E-state index contributed by atoms with van der Waals surface area (Å²) < 4.78 is 0. The summed E-state index contributed by atoms with van der Waals surface area (Å²) in [7, 11) is 0. The molecule has 3 heteroatoms. The number of hydrogen-bond donors (Lipinski definition) is 0. The van der Waals surface area contributed by atoms with Gasteiger partial charge in [-0.15, -0.1) is 0 Å². The summed E-state index contributed by atoms with van der Waals surface area (Å²) in [5.41, 5.74) is 0. The molecule has 0 bridgehead atoms.